The average molecular weight is 189 g/mol. The molecule has 0 radical (unpaired) electrons. The maximum absolute atomic E-state index is 10.2. The van der Waals surface area contributed by atoms with Gasteiger partial charge in [0.25, 0.3) is 0 Å². The van der Waals surface area contributed by atoms with Crippen molar-refractivity contribution in [2.24, 2.45) is 16.6 Å². The molecule has 0 aromatic rings. The molecule has 0 unspecified atom stereocenters. The summed E-state index contributed by atoms with van der Waals surface area (Å²) < 4.78 is 0. The molecule has 13 heavy (non-hydrogen) atoms. The summed E-state index contributed by atoms with van der Waals surface area (Å²) in [6.07, 6.45) is 0. The van der Waals surface area contributed by atoms with Gasteiger partial charge in [-0.1, -0.05) is 55.9 Å². The Bertz CT molecular complexity index is 131. The molecule has 0 heterocycles. The Labute approximate surface area is 83.9 Å². The van der Waals surface area contributed by atoms with Crippen LogP contribution in [0, 0.1) is 10.8 Å². The largest absolute Gasteiger partial charge is 0.369 e. The summed E-state index contributed by atoms with van der Waals surface area (Å²) >= 11 is 0. The number of primary amides is 1. The fourth-order valence-corrected chi connectivity index (χ4v) is 0. The Morgan fingerprint density at radius 3 is 1.00 bits per heavy atom. The lowest BCUT2D eigenvalue weighted by atomic mass is 9.96. The van der Waals surface area contributed by atoms with E-state index in [1.165, 1.54) is 0 Å². The van der Waals surface area contributed by atoms with E-state index in [1.807, 2.05) is 0 Å². The Kier molecular flexibility index (Phi) is 8.45. The maximum Gasteiger partial charge on any atom is 0.222 e. The van der Waals surface area contributed by atoms with Gasteiger partial charge in [-0.15, -0.1) is 0 Å². The van der Waals surface area contributed by atoms with Crippen molar-refractivity contribution in [2.45, 2.75) is 55.9 Å². The van der Waals surface area contributed by atoms with Crippen LogP contribution in [0.15, 0.2) is 0 Å². The lowest BCUT2D eigenvalue weighted by Crippen LogP contribution is -2.27. The second kappa shape index (κ2) is 6.01. The van der Waals surface area contributed by atoms with Crippen LogP contribution in [0.4, 0.5) is 0 Å². The minimum Gasteiger partial charge on any atom is -0.369 e. The standard InChI is InChI=1S/C5H11NO.C5H12.CH4/c1-5(2,3)4(6)7;1-5(2,3)4;/h1-3H3,(H2,6,7);1-4H3;1H4. The van der Waals surface area contributed by atoms with Crippen LogP contribution in [0.5, 0.6) is 0 Å². The van der Waals surface area contributed by atoms with E-state index in [4.69, 9.17) is 5.73 Å². The third-order valence-corrected chi connectivity index (χ3v) is 0.739. The second-order valence-electron chi connectivity index (χ2n) is 5.61. The van der Waals surface area contributed by atoms with E-state index in [9.17, 15) is 4.79 Å². The highest BCUT2D eigenvalue weighted by Gasteiger charge is 2.16. The number of carbonyl (C=O) groups excluding carboxylic acids is 1. The van der Waals surface area contributed by atoms with Crippen LogP contribution < -0.4 is 5.73 Å². The van der Waals surface area contributed by atoms with E-state index < -0.39 is 0 Å². The van der Waals surface area contributed by atoms with Gasteiger partial charge >= 0.3 is 0 Å². The molecule has 0 aliphatic carbocycles. The van der Waals surface area contributed by atoms with Gasteiger partial charge in [0.1, 0.15) is 0 Å². The number of rotatable bonds is 0. The molecule has 0 aliphatic rings. The zero-order chi connectivity index (χ0) is 10.6. The molecule has 0 atom stereocenters. The first kappa shape index (κ1) is 18.3. The van der Waals surface area contributed by atoms with Gasteiger partial charge in [-0.2, -0.15) is 0 Å². The predicted octanol–water partition coefficient (Wildman–Crippen LogP) is 3.21. The minimum absolute atomic E-state index is 0. The van der Waals surface area contributed by atoms with Gasteiger partial charge in [0.15, 0.2) is 0 Å². The molecule has 0 rings (SSSR count). The molecule has 0 saturated heterocycles. The minimum atomic E-state index is -0.361. The normalized spacial score (nSPS) is 10.7. The van der Waals surface area contributed by atoms with Crippen molar-refractivity contribution in [1.29, 1.82) is 0 Å². The van der Waals surface area contributed by atoms with Gasteiger partial charge in [0.2, 0.25) is 5.91 Å². The van der Waals surface area contributed by atoms with Gasteiger partial charge in [0, 0.05) is 5.41 Å². The average Bonchev–Trinajstić information content (AvgIpc) is 1.55. The van der Waals surface area contributed by atoms with Gasteiger partial charge in [-0.25, -0.2) is 0 Å². The van der Waals surface area contributed by atoms with Crippen molar-refractivity contribution in [3.63, 3.8) is 0 Å². The van der Waals surface area contributed by atoms with Crippen molar-refractivity contribution in [3.05, 3.63) is 0 Å². The highest BCUT2D eigenvalue weighted by molar-refractivity contribution is 5.79. The number of hydrogen-bond acceptors (Lipinski definition) is 1. The summed E-state index contributed by atoms with van der Waals surface area (Å²) in [5.41, 5.74) is 5.07. The van der Waals surface area contributed by atoms with Gasteiger partial charge in [-0.05, 0) is 5.41 Å². The summed E-state index contributed by atoms with van der Waals surface area (Å²) in [5.74, 6) is -0.257. The quantitative estimate of drug-likeness (QED) is 0.624. The molecule has 0 aromatic carbocycles. The smallest absolute Gasteiger partial charge is 0.222 e. The molecule has 2 heteroatoms. The molecule has 0 aliphatic heterocycles. The second-order valence-corrected chi connectivity index (χ2v) is 5.61. The highest BCUT2D eigenvalue weighted by atomic mass is 16.1. The molecular weight excluding hydrogens is 162 g/mol. The van der Waals surface area contributed by atoms with Crippen LogP contribution in [-0.4, -0.2) is 5.91 Å². The van der Waals surface area contributed by atoms with Crippen molar-refractivity contribution in [1.82, 2.24) is 0 Å². The highest BCUT2D eigenvalue weighted by Crippen LogP contribution is 2.09. The Morgan fingerprint density at radius 1 is 0.923 bits per heavy atom. The zero-order valence-corrected chi connectivity index (χ0v) is 9.49. The van der Waals surface area contributed by atoms with E-state index in [2.05, 4.69) is 27.7 Å². The van der Waals surface area contributed by atoms with E-state index in [0.717, 1.165) is 0 Å². The molecule has 0 bridgehead atoms. The molecule has 0 fully saturated rings. The monoisotopic (exact) mass is 189 g/mol. The molecule has 0 aromatic heterocycles. The SMILES string of the molecule is C.CC(C)(C)C.CC(C)(C)C(N)=O. The van der Waals surface area contributed by atoms with Crippen LogP contribution in [0.1, 0.15) is 55.9 Å². The molecular formula is C11H27NO. The van der Waals surface area contributed by atoms with Crippen molar-refractivity contribution in [3.8, 4) is 0 Å². The molecule has 82 valence electrons. The first-order valence-corrected chi connectivity index (χ1v) is 4.24. The summed E-state index contributed by atoms with van der Waals surface area (Å²) in [7, 11) is 0. The van der Waals surface area contributed by atoms with E-state index in [0.29, 0.717) is 5.41 Å². The predicted molar refractivity (Wildman–Crippen MR) is 60.5 cm³/mol. The first-order chi connectivity index (χ1) is 4.94. The molecule has 2 nitrogen and oxygen atoms in total. The summed E-state index contributed by atoms with van der Waals surface area (Å²) in [4.78, 5) is 10.2. The van der Waals surface area contributed by atoms with Gasteiger partial charge in [0.05, 0.1) is 0 Å². The first-order valence-electron chi connectivity index (χ1n) is 4.24. The fraction of sp³-hybridized carbons (Fsp3) is 0.909. The Hall–Kier alpha value is -0.530. The number of hydrogen-bond donors (Lipinski definition) is 1. The zero-order valence-electron chi connectivity index (χ0n) is 9.49. The lowest BCUT2D eigenvalue weighted by molar-refractivity contribution is -0.125. The third kappa shape index (κ3) is 34.4. The summed E-state index contributed by atoms with van der Waals surface area (Å²) in [5, 5.41) is 0. The van der Waals surface area contributed by atoms with Crippen molar-refractivity contribution in [2.75, 3.05) is 0 Å². The number of nitrogens with two attached hydrogens (primary N) is 1. The lowest BCUT2D eigenvalue weighted by Gasteiger charge is -2.10. The fourth-order valence-electron chi connectivity index (χ4n) is 0. The summed E-state index contributed by atoms with van der Waals surface area (Å²) in [6.45, 7) is 14.1. The van der Waals surface area contributed by atoms with Crippen molar-refractivity contribution < 1.29 is 4.79 Å². The van der Waals surface area contributed by atoms with E-state index in [1.54, 1.807) is 20.8 Å². The van der Waals surface area contributed by atoms with Crippen molar-refractivity contribution >= 4 is 5.91 Å². The van der Waals surface area contributed by atoms with Crippen LogP contribution in [0.3, 0.4) is 0 Å². The topological polar surface area (TPSA) is 43.1 Å². The molecule has 2 N–H and O–H groups in total. The molecule has 1 amide bonds. The van der Waals surface area contributed by atoms with Crippen LogP contribution in [-0.2, 0) is 4.79 Å². The number of carbonyl (C=O) groups is 1. The van der Waals surface area contributed by atoms with Crippen LogP contribution in [0.25, 0.3) is 0 Å². The molecule has 0 spiro atoms. The number of amides is 1. The van der Waals surface area contributed by atoms with E-state index >= 15 is 0 Å². The Morgan fingerprint density at radius 2 is 1.00 bits per heavy atom. The molecule has 0 saturated carbocycles. The maximum atomic E-state index is 10.2. The van der Waals surface area contributed by atoms with Gasteiger partial charge < -0.3 is 5.73 Å². The van der Waals surface area contributed by atoms with Gasteiger partial charge in [-0.3, -0.25) is 4.79 Å². The third-order valence-electron chi connectivity index (χ3n) is 0.739. The Balaban J connectivity index is -0.000000150. The van der Waals surface area contributed by atoms with Crippen LogP contribution >= 0.6 is 0 Å². The van der Waals surface area contributed by atoms with E-state index in [-0.39, 0.29) is 18.7 Å². The summed E-state index contributed by atoms with van der Waals surface area (Å²) in [6, 6.07) is 0. The van der Waals surface area contributed by atoms with Crippen LogP contribution in [0.2, 0.25) is 0 Å².